The second-order valence-electron chi connectivity index (χ2n) is 5.73. The molecule has 0 radical (unpaired) electrons. The van der Waals surface area contributed by atoms with Gasteiger partial charge in [-0.3, -0.25) is 0 Å². The van der Waals surface area contributed by atoms with Crippen LogP contribution in [-0.2, 0) is 9.63 Å². The molecule has 0 saturated heterocycles. The van der Waals surface area contributed by atoms with Gasteiger partial charge >= 0.3 is 5.97 Å². The van der Waals surface area contributed by atoms with Gasteiger partial charge in [-0.25, -0.2) is 4.79 Å². The molecule has 2 aliphatic carbocycles. The van der Waals surface area contributed by atoms with Crippen LogP contribution in [0.4, 0.5) is 0 Å². The standard InChI is InChI=1S/C14H23NO3/c1-10(15-18-11(2)16)14-8-4-3-6-12(14)13(17)7-5-9-14/h12-13,17H,3-9H2,1-2H3/b15-10-/t12-,13-,14+/m1/s1. The number of aliphatic hydroxyl groups excluding tert-OH is 1. The third kappa shape index (κ3) is 2.44. The predicted octanol–water partition coefficient (Wildman–Crippen LogP) is 2.65. The molecular formula is C14H23NO3. The van der Waals surface area contributed by atoms with Crippen LogP contribution in [-0.4, -0.2) is 22.9 Å². The van der Waals surface area contributed by atoms with Crippen molar-refractivity contribution >= 4 is 11.7 Å². The number of carbonyl (C=O) groups is 1. The lowest BCUT2D eigenvalue weighted by Crippen LogP contribution is -2.48. The lowest BCUT2D eigenvalue weighted by atomic mass is 9.56. The van der Waals surface area contributed by atoms with E-state index in [1.54, 1.807) is 0 Å². The summed E-state index contributed by atoms with van der Waals surface area (Å²) in [7, 11) is 0. The van der Waals surface area contributed by atoms with Gasteiger partial charge in [-0.05, 0) is 44.9 Å². The number of oxime groups is 1. The Balaban J connectivity index is 2.23. The van der Waals surface area contributed by atoms with Gasteiger partial charge in [-0.2, -0.15) is 0 Å². The molecule has 0 bridgehead atoms. The number of hydrogen-bond acceptors (Lipinski definition) is 4. The Kier molecular flexibility index (Phi) is 4.05. The summed E-state index contributed by atoms with van der Waals surface area (Å²) in [5.41, 5.74) is 0.854. The first kappa shape index (κ1) is 13.5. The van der Waals surface area contributed by atoms with Gasteiger partial charge < -0.3 is 9.94 Å². The zero-order valence-corrected chi connectivity index (χ0v) is 11.3. The molecule has 0 aromatic rings. The van der Waals surface area contributed by atoms with Crippen LogP contribution in [0.25, 0.3) is 0 Å². The van der Waals surface area contributed by atoms with Gasteiger partial charge in [0, 0.05) is 12.3 Å². The van der Waals surface area contributed by atoms with Gasteiger partial charge in [0.1, 0.15) is 0 Å². The van der Waals surface area contributed by atoms with E-state index in [2.05, 4.69) is 5.16 Å². The Labute approximate surface area is 108 Å². The van der Waals surface area contributed by atoms with Crippen molar-refractivity contribution in [3.8, 4) is 0 Å². The van der Waals surface area contributed by atoms with Crippen molar-refractivity contribution < 1.29 is 14.7 Å². The molecule has 0 spiro atoms. The molecule has 0 unspecified atom stereocenters. The van der Waals surface area contributed by atoms with Crippen molar-refractivity contribution in [3.05, 3.63) is 0 Å². The number of fused-ring (bicyclic) bond motifs is 1. The maximum absolute atomic E-state index is 10.9. The van der Waals surface area contributed by atoms with E-state index in [9.17, 15) is 9.90 Å². The number of aliphatic hydroxyl groups is 1. The molecule has 0 aromatic carbocycles. The van der Waals surface area contributed by atoms with E-state index in [4.69, 9.17) is 4.84 Å². The third-order valence-electron chi connectivity index (χ3n) is 4.72. The molecule has 0 amide bonds. The summed E-state index contributed by atoms with van der Waals surface area (Å²) < 4.78 is 0. The minimum Gasteiger partial charge on any atom is -0.393 e. The largest absolute Gasteiger partial charge is 0.393 e. The highest BCUT2D eigenvalue weighted by atomic mass is 16.7. The maximum Gasteiger partial charge on any atom is 0.331 e. The quantitative estimate of drug-likeness (QED) is 0.467. The van der Waals surface area contributed by atoms with Crippen LogP contribution in [0.3, 0.4) is 0 Å². The molecule has 2 aliphatic rings. The molecule has 4 nitrogen and oxygen atoms in total. The predicted molar refractivity (Wildman–Crippen MR) is 69.1 cm³/mol. The van der Waals surface area contributed by atoms with E-state index in [-0.39, 0.29) is 17.5 Å². The number of rotatable bonds is 2. The Morgan fingerprint density at radius 3 is 2.67 bits per heavy atom. The summed E-state index contributed by atoms with van der Waals surface area (Å²) in [5, 5.41) is 14.2. The van der Waals surface area contributed by atoms with E-state index in [0.29, 0.717) is 5.92 Å². The highest BCUT2D eigenvalue weighted by Crippen LogP contribution is 2.51. The van der Waals surface area contributed by atoms with Crippen LogP contribution in [0.1, 0.15) is 58.8 Å². The van der Waals surface area contributed by atoms with E-state index in [0.717, 1.165) is 37.8 Å². The van der Waals surface area contributed by atoms with Gasteiger partial charge in [-0.1, -0.05) is 18.0 Å². The summed E-state index contributed by atoms with van der Waals surface area (Å²) in [4.78, 5) is 15.7. The second-order valence-corrected chi connectivity index (χ2v) is 5.73. The molecule has 3 atom stereocenters. The van der Waals surface area contributed by atoms with Crippen molar-refractivity contribution in [2.45, 2.75) is 64.9 Å². The maximum atomic E-state index is 10.9. The Hall–Kier alpha value is -0.900. The Bertz CT molecular complexity index is 349. The molecule has 0 aliphatic heterocycles. The first-order chi connectivity index (χ1) is 8.56. The topological polar surface area (TPSA) is 58.9 Å². The Morgan fingerprint density at radius 2 is 1.94 bits per heavy atom. The number of carbonyl (C=O) groups excluding carboxylic acids is 1. The average molecular weight is 253 g/mol. The lowest BCUT2D eigenvalue weighted by Gasteiger charge is -2.49. The zero-order chi connectivity index (χ0) is 13.2. The van der Waals surface area contributed by atoms with Crippen molar-refractivity contribution in [1.82, 2.24) is 0 Å². The van der Waals surface area contributed by atoms with Crippen molar-refractivity contribution in [3.63, 3.8) is 0 Å². The van der Waals surface area contributed by atoms with Crippen molar-refractivity contribution in [2.24, 2.45) is 16.5 Å². The van der Waals surface area contributed by atoms with Crippen molar-refractivity contribution in [1.29, 1.82) is 0 Å². The molecule has 4 heteroatoms. The molecule has 102 valence electrons. The monoisotopic (exact) mass is 253 g/mol. The zero-order valence-electron chi connectivity index (χ0n) is 11.3. The van der Waals surface area contributed by atoms with E-state index in [1.165, 1.54) is 19.8 Å². The highest BCUT2D eigenvalue weighted by Gasteiger charge is 2.48. The van der Waals surface area contributed by atoms with E-state index >= 15 is 0 Å². The summed E-state index contributed by atoms with van der Waals surface area (Å²) in [6.07, 6.45) is 7.25. The first-order valence-electron chi connectivity index (χ1n) is 6.97. The summed E-state index contributed by atoms with van der Waals surface area (Å²) in [5.74, 6) is -0.0891. The normalized spacial score (nSPS) is 36.9. The molecule has 0 aromatic heterocycles. The first-order valence-corrected chi connectivity index (χ1v) is 6.97. The van der Waals surface area contributed by atoms with Crippen LogP contribution >= 0.6 is 0 Å². The fourth-order valence-electron chi connectivity index (χ4n) is 3.82. The highest BCUT2D eigenvalue weighted by molar-refractivity contribution is 5.88. The summed E-state index contributed by atoms with van der Waals surface area (Å²) in [6, 6.07) is 0. The molecular weight excluding hydrogens is 230 g/mol. The SMILES string of the molecule is CC(=O)O/N=C(/C)[C@@]12CCCC[C@@H]1[C@H](O)CCC2. The van der Waals surface area contributed by atoms with E-state index < -0.39 is 0 Å². The van der Waals surface area contributed by atoms with Crippen molar-refractivity contribution in [2.75, 3.05) is 0 Å². The number of hydrogen-bond donors (Lipinski definition) is 1. The summed E-state index contributed by atoms with van der Waals surface area (Å²) >= 11 is 0. The smallest absolute Gasteiger partial charge is 0.331 e. The van der Waals surface area contributed by atoms with Crippen LogP contribution < -0.4 is 0 Å². The van der Waals surface area contributed by atoms with Gasteiger partial charge in [0.2, 0.25) is 0 Å². The third-order valence-corrected chi connectivity index (χ3v) is 4.72. The van der Waals surface area contributed by atoms with Gasteiger partial charge in [0.05, 0.1) is 11.8 Å². The van der Waals surface area contributed by atoms with Crippen LogP contribution in [0.5, 0.6) is 0 Å². The fourth-order valence-corrected chi connectivity index (χ4v) is 3.82. The molecule has 2 fully saturated rings. The van der Waals surface area contributed by atoms with Gasteiger partial charge in [0.15, 0.2) is 0 Å². The minimum atomic E-state index is -0.380. The number of nitrogens with zero attached hydrogens (tertiary/aromatic N) is 1. The second kappa shape index (κ2) is 5.39. The van der Waals surface area contributed by atoms with Crippen LogP contribution in [0, 0.1) is 11.3 Å². The van der Waals surface area contributed by atoms with Crippen LogP contribution in [0.15, 0.2) is 5.16 Å². The molecule has 18 heavy (non-hydrogen) atoms. The van der Waals surface area contributed by atoms with Crippen LogP contribution in [0.2, 0.25) is 0 Å². The van der Waals surface area contributed by atoms with E-state index in [1.807, 2.05) is 6.92 Å². The van der Waals surface area contributed by atoms with Gasteiger partial charge in [-0.15, -0.1) is 0 Å². The molecule has 2 saturated carbocycles. The van der Waals surface area contributed by atoms with Gasteiger partial charge in [0.25, 0.3) is 0 Å². The fraction of sp³-hybridized carbons (Fsp3) is 0.857. The Morgan fingerprint density at radius 1 is 1.22 bits per heavy atom. The lowest BCUT2D eigenvalue weighted by molar-refractivity contribution is -0.141. The molecule has 1 N–H and O–H groups in total. The average Bonchev–Trinajstić information content (AvgIpc) is 2.36. The minimum absolute atomic E-state index is 0.0363. The summed E-state index contributed by atoms with van der Waals surface area (Å²) in [6.45, 7) is 3.31. The molecule has 0 heterocycles. The molecule has 2 rings (SSSR count).